The van der Waals surface area contributed by atoms with Crippen molar-refractivity contribution in [3.8, 4) is 0 Å². The van der Waals surface area contributed by atoms with Crippen molar-refractivity contribution in [2.24, 2.45) is 0 Å². The van der Waals surface area contributed by atoms with E-state index in [4.69, 9.17) is 0 Å². The number of ketones is 1. The van der Waals surface area contributed by atoms with Gasteiger partial charge < -0.3 is 5.32 Å². The van der Waals surface area contributed by atoms with Crippen LogP contribution in [0.25, 0.3) is 0 Å². The summed E-state index contributed by atoms with van der Waals surface area (Å²) >= 11 is 0. The van der Waals surface area contributed by atoms with Gasteiger partial charge in [0.2, 0.25) is 0 Å². The topological polar surface area (TPSA) is 79.4 Å². The number of hydrogen-bond acceptors (Lipinski definition) is 6. The number of aromatic nitrogens is 1. The molecule has 0 bridgehead atoms. The Morgan fingerprint density at radius 3 is 2.78 bits per heavy atom. The van der Waals surface area contributed by atoms with Crippen LogP contribution in [-0.4, -0.2) is 61.3 Å². The quantitative estimate of drug-likeness (QED) is 0.683. The van der Waals surface area contributed by atoms with Crippen LogP contribution in [0.4, 0.5) is 5.82 Å². The second-order valence-corrected chi connectivity index (χ2v) is 10.2. The number of nitrogens with one attached hydrogen (secondary N) is 1. The summed E-state index contributed by atoms with van der Waals surface area (Å²) in [7, 11) is -3.05. The molecule has 27 heavy (non-hydrogen) atoms. The Morgan fingerprint density at radius 2 is 2.04 bits per heavy atom. The fourth-order valence-electron chi connectivity index (χ4n) is 4.03. The van der Waals surface area contributed by atoms with Gasteiger partial charge in [-0.2, -0.15) is 0 Å². The summed E-state index contributed by atoms with van der Waals surface area (Å²) in [5.41, 5.74) is 2.32. The molecule has 2 aliphatic heterocycles. The number of carbonyl (C=O) groups is 1. The van der Waals surface area contributed by atoms with Crippen LogP contribution >= 0.6 is 0 Å². The number of hydrogen-bond donors (Lipinski definition) is 1. The average Bonchev–Trinajstić information content (AvgIpc) is 2.65. The molecule has 0 atom stereocenters. The van der Waals surface area contributed by atoms with Gasteiger partial charge in [0, 0.05) is 12.2 Å². The zero-order valence-corrected chi connectivity index (χ0v) is 17.1. The van der Waals surface area contributed by atoms with Crippen molar-refractivity contribution in [3.05, 3.63) is 23.4 Å². The minimum atomic E-state index is -3.05. The van der Waals surface area contributed by atoms with E-state index in [9.17, 15) is 13.2 Å². The predicted octanol–water partition coefficient (Wildman–Crippen LogP) is 2.23. The molecule has 2 aliphatic rings. The number of rotatable bonds is 8. The largest absolute Gasteiger partial charge is 0.370 e. The zero-order valence-electron chi connectivity index (χ0n) is 16.2. The van der Waals surface area contributed by atoms with E-state index in [-0.39, 0.29) is 16.8 Å². The molecule has 0 unspecified atom stereocenters. The molecule has 3 rings (SSSR count). The van der Waals surface area contributed by atoms with Crippen LogP contribution in [0.3, 0.4) is 0 Å². The van der Waals surface area contributed by atoms with E-state index in [1.165, 1.54) is 5.56 Å². The van der Waals surface area contributed by atoms with Crippen molar-refractivity contribution in [1.82, 2.24) is 9.88 Å². The Hall–Kier alpha value is -1.47. The van der Waals surface area contributed by atoms with E-state index in [2.05, 4.69) is 27.3 Å². The lowest BCUT2D eigenvalue weighted by Gasteiger charge is -2.30. The first-order valence-electron chi connectivity index (χ1n) is 10.1. The lowest BCUT2D eigenvalue weighted by molar-refractivity contribution is -0.118. The average molecular weight is 394 g/mol. The third-order valence-corrected chi connectivity index (χ3v) is 7.90. The highest BCUT2D eigenvalue weighted by Crippen LogP contribution is 2.22. The van der Waals surface area contributed by atoms with Crippen molar-refractivity contribution < 1.29 is 13.2 Å². The lowest BCUT2D eigenvalue weighted by atomic mass is 10.1. The van der Waals surface area contributed by atoms with Crippen LogP contribution in [0.15, 0.2) is 12.1 Å². The Bertz CT molecular complexity index is 756. The van der Waals surface area contributed by atoms with Crippen LogP contribution in [0.2, 0.25) is 0 Å². The summed E-state index contributed by atoms with van der Waals surface area (Å²) in [5, 5.41) is 3.10. The fourth-order valence-corrected chi connectivity index (χ4v) is 5.89. The molecule has 0 saturated carbocycles. The van der Waals surface area contributed by atoms with Gasteiger partial charge in [0.1, 0.15) is 11.6 Å². The maximum Gasteiger partial charge on any atom is 0.153 e. The Kier molecular flexibility index (Phi) is 6.87. The molecule has 6 nitrogen and oxygen atoms in total. The molecule has 7 heteroatoms. The molecule has 0 amide bonds. The van der Waals surface area contributed by atoms with Crippen LogP contribution in [0.5, 0.6) is 0 Å². The second kappa shape index (κ2) is 9.15. The minimum absolute atomic E-state index is 0.141. The van der Waals surface area contributed by atoms with Crippen LogP contribution in [-0.2, 0) is 27.5 Å². The highest BCUT2D eigenvalue weighted by Gasteiger charge is 2.29. The number of carbonyl (C=O) groups excluding carboxylic acids is 1. The second-order valence-electron chi connectivity index (χ2n) is 7.84. The van der Waals surface area contributed by atoms with E-state index in [1.807, 2.05) is 0 Å². The normalized spacial score (nSPS) is 18.7. The van der Waals surface area contributed by atoms with E-state index in [0.29, 0.717) is 38.9 Å². The zero-order chi connectivity index (χ0) is 19.3. The Balaban J connectivity index is 1.41. The van der Waals surface area contributed by atoms with Gasteiger partial charge in [-0.3, -0.25) is 9.69 Å². The fraction of sp³-hybridized carbons (Fsp3) is 0.700. The molecular weight excluding hydrogens is 362 g/mol. The summed E-state index contributed by atoms with van der Waals surface area (Å²) in [4.78, 5) is 17.9. The number of fused-ring (bicyclic) bond motifs is 1. The van der Waals surface area contributed by atoms with Gasteiger partial charge in [-0.1, -0.05) is 6.07 Å². The third kappa shape index (κ3) is 5.75. The molecule has 0 aromatic carbocycles. The molecule has 0 spiro atoms. The van der Waals surface area contributed by atoms with Crippen molar-refractivity contribution in [1.29, 1.82) is 0 Å². The van der Waals surface area contributed by atoms with E-state index < -0.39 is 9.84 Å². The summed E-state index contributed by atoms with van der Waals surface area (Å²) in [6.45, 7) is 4.41. The number of sulfone groups is 1. The van der Waals surface area contributed by atoms with Gasteiger partial charge in [-0.25, -0.2) is 13.4 Å². The molecular formula is C20H31N3O3S. The highest BCUT2D eigenvalue weighted by atomic mass is 32.2. The van der Waals surface area contributed by atoms with Gasteiger partial charge in [0.25, 0.3) is 0 Å². The third-order valence-electron chi connectivity index (χ3n) is 5.55. The Labute approximate surface area is 162 Å². The smallest absolute Gasteiger partial charge is 0.153 e. The van der Waals surface area contributed by atoms with Crippen molar-refractivity contribution in [3.63, 3.8) is 0 Å². The summed E-state index contributed by atoms with van der Waals surface area (Å²) in [6.07, 6.45) is 5.87. The molecule has 1 N–H and O–H groups in total. The first kappa shape index (κ1) is 20.3. The number of aryl methyl sites for hydroxylation is 2. The van der Waals surface area contributed by atoms with Crippen molar-refractivity contribution in [2.75, 3.05) is 37.2 Å². The molecule has 0 aliphatic carbocycles. The highest BCUT2D eigenvalue weighted by molar-refractivity contribution is 7.92. The number of Topliss-reactive ketones (excluding diaryl/α,β-unsaturated/α-hetero) is 1. The lowest BCUT2D eigenvalue weighted by Crippen LogP contribution is -2.41. The number of unbranched alkanes of at least 4 members (excludes halogenated alkanes) is 1. The number of piperidine rings is 1. The standard InChI is InChI=1S/C20H31N3O3S/c1-16(24)15-23-12-9-19(10-13-23)27(25,26)14-3-2-6-18-8-7-17-5-4-11-21-20(17)22-18/h7-8,19H,2-6,9-15H2,1H3,(H,21,22). The maximum absolute atomic E-state index is 12.6. The minimum Gasteiger partial charge on any atom is -0.370 e. The number of likely N-dealkylation sites (tertiary alicyclic amines) is 1. The van der Waals surface area contributed by atoms with Gasteiger partial charge in [0.05, 0.1) is 17.5 Å². The summed E-state index contributed by atoms with van der Waals surface area (Å²) in [5.74, 6) is 1.40. The van der Waals surface area contributed by atoms with Crippen LogP contribution in [0, 0.1) is 0 Å². The molecule has 1 aromatic rings. The molecule has 150 valence electrons. The van der Waals surface area contributed by atoms with Gasteiger partial charge in [-0.15, -0.1) is 0 Å². The maximum atomic E-state index is 12.6. The summed E-state index contributed by atoms with van der Waals surface area (Å²) < 4.78 is 25.2. The van der Waals surface area contributed by atoms with Crippen molar-refractivity contribution in [2.45, 2.75) is 57.1 Å². The first-order chi connectivity index (χ1) is 12.9. The molecule has 1 fully saturated rings. The van der Waals surface area contributed by atoms with Gasteiger partial charge in [0.15, 0.2) is 9.84 Å². The van der Waals surface area contributed by atoms with E-state index >= 15 is 0 Å². The first-order valence-corrected chi connectivity index (χ1v) is 11.8. The van der Waals surface area contributed by atoms with Crippen LogP contribution in [0.1, 0.15) is 50.3 Å². The van der Waals surface area contributed by atoms with Gasteiger partial charge >= 0.3 is 0 Å². The molecule has 1 saturated heterocycles. The monoisotopic (exact) mass is 393 g/mol. The summed E-state index contributed by atoms with van der Waals surface area (Å²) in [6, 6.07) is 4.22. The number of anilines is 1. The van der Waals surface area contributed by atoms with E-state index in [0.717, 1.165) is 43.7 Å². The molecule has 1 aromatic heterocycles. The molecule has 0 radical (unpaired) electrons. The number of nitrogens with zero attached hydrogens (tertiary/aromatic N) is 2. The Morgan fingerprint density at radius 1 is 1.26 bits per heavy atom. The SMILES string of the molecule is CC(=O)CN1CCC(S(=O)(=O)CCCCc2ccc3c(n2)NCCC3)CC1. The molecule has 3 heterocycles. The van der Waals surface area contributed by atoms with E-state index in [1.54, 1.807) is 6.92 Å². The number of pyridine rings is 1. The van der Waals surface area contributed by atoms with Gasteiger partial charge in [-0.05, 0) is 76.6 Å². The van der Waals surface area contributed by atoms with Crippen LogP contribution < -0.4 is 5.32 Å². The predicted molar refractivity (Wildman–Crippen MR) is 108 cm³/mol. The van der Waals surface area contributed by atoms with Crippen molar-refractivity contribution >= 4 is 21.4 Å².